The summed E-state index contributed by atoms with van der Waals surface area (Å²) in [6, 6.07) is 16.0. The van der Waals surface area contributed by atoms with Crippen molar-refractivity contribution in [2.75, 3.05) is 13.2 Å². The smallest absolute Gasteiger partial charge is 0.338 e. The number of ether oxygens (including phenoxy) is 3. The third-order valence-electron chi connectivity index (χ3n) is 7.40. The molecule has 1 fully saturated rings. The zero-order valence-corrected chi connectivity index (χ0v) is 23.4. The van der Waals surface area contributed by atoms with Crippen LogP contribution >= 0.6 is 0 Å². The Labute approximate surface area is 234 Å². The minimum Gasteiger partial charge on any atom is -0.489 e. The van der Waals surface area contributed by atoms with Gasteiger partial charge in [-0.15, -0.1) is 0 Å². The molecule has 0 saturated carbocycles. The number of hydrogen-bond acceptors (Lipinski definition) is 7. The van der Waals surface area contributed by atoms with Crippen LogP contribution in [0.3, 0.4) is 0 Å². The van der Waals surface area contributed by atoms with Crippen molar-refractivity contribution in [1.29, 1.82) is 0 Å². The van der Waals surface area contributed by atoms with E-state index < -0.39 is 5.60 Å². The van der Waals surface area contributed by atoms with E-state index in [1.807, 2.05) is 57.3 Å². The lowest BCUT2D eigenvalue weighted by molar-refractivity contribution is -0.0592. The molecule has 8 heteroatoms. The third kappa shape index (κ3) is 6.03. The van der Waals surface area contributed by atoms with E-state index >= 15 is 0 Å². The average molecular weight is 541 g/mol. The van der Waals surface area contributed by atoms with Gasteiger partial charge in [0.2, 0.25) is 0 Å². The van der Waals surface area contributed by atoms with Gasteiger partial charge in [-0.05, 0) is 81.1 Å². The molecule has 6 rings (SSSR count). The maximum Gasteiger partial charge on any atom is 0.338 e. The second-order valence-electron chi connectivity index (χ2n) is 11.7. The van der Waals surface area contributed by atoms with Gasteiger partial charge in [-0.2, -0.15) is 0 Å². The van der Waals surface area contributed by atoms with Gasteiger partial charge in [-0.25, -0.2) is 9.78 Å². The Balaban J connectivity index is 1.21. The molecule has 4 aromatic rings. The van der Waals surface area contributed by atoms with Crippen LogP contribution in [0.1, 0.15) is 60.1 Å². The topological polar surface area (TPSA) is 78.7 Å². The van der Waals surface area contributed by atoms with E-state index in [-0.39, 0.29) is 12.1 Å². The van der Waals surface area contributed by atoms with E-state index in [0.717, 1.165) is 67.3 Å². The normalized spacial score (nSPS) is 17.3. The van der Waals surface area contributed by atoms with Gasteiger partial charge in [0.05, 0.1) is 35.8 Å². The average Bonchev–Trinajstić information content (AvgIpc) is 3.24. The summed E-state index contributed by atoms with van der Waals surface area (Å²) >= 11 is 0. The van der Waals surface area contributed by atoms with Crippen LogP contribution in [0.2, 0.25) is 0 Å². The first-order valence-electron chi connectivity index (χ1n) is 14.0. The highest BCUT2D eigenvalue weighted by molar-refractivity contribution is 5.94. The Kier molecular flexibility index (Phi) is 7.29. The first kappa shape index (κ1) is 26.5. The summed E-state index contributed by atoms with van der Waals surface area (Å²) in [6.45, 7) is 10.1. The zero-order chi connectivity index (χ0) is 27.7. The number of imidazole rings is 1. The predicted octanol–water partition coefficient (Wildman–Crippen LogP) is 5.31. The van der Waals surface area contributed by atoms with E-state index in [1.54, 1.807) is 6.20 Å². The molecule has 1 atom stereocenters. The van der Waals surface area contributed by atoms with Gasteiger partial charge in [-0.3, -0.25) is 9.88 Å². The SMILES string of the molecule is CC(C)(C)OC(=O)c1ccc2nc(CN3CCc4ccc(OCc5cccnc5)cc4C3)n(CC3CCO3)c2c1. The molecule has 1 saturated heterocycles. The van der Waals surface area contributed by atoms with Gasteiger partial charge in [0.1, 0.15) is 23.8 Å². The minimum absolute atomic E-state index is 0.169. The van der Waals surface area contributed by atoms with Crippen LogP contribution in [0.25, 0.3) is 11.0 Å². The van der Waals surface area contributed by atoms with Crippen molar-refractivity contribution in [3.63, 3.8) is 0 Å². The Morgan fingerprint density at radius 1 is 1.12 bits per heavy atom. The minimum atomic E-state index is -0.550. The van der Waals surface area contributed by atoms with Crippen molar-refractivity contribution < 1.29 is 19.0 Å². The summed E-state index contributed by atoms with van der Waals surface area (Å²) in [7, 11) is 0. The van der Waals surface area contributed by atoms with Crippen molar-refractivity contribution in [3.05, 3.63) is 89.0 Å². The lowest BCUT2D eigenvalue weighted by atomic mass is 9.99. The summed E-state index contributed by atoms with van der Waals surface area (Å²) in [5.41, 5.74) is 5.50. The van der Waals surface area contributed by atoms with Crippen LogP contribution in [0.5, 0.6) is 5.75 Å². The molecule has 2 aromatic heterocycles. The quantitative estimate of drug-likeness (QED) is 0.280. The molecule has 0 spiro atoms. The molecule has 0 aliphatic carbocycles. The number of fused-ring (bicyclic) bond motifs is 2. The molecule has 208 valence electrons. The number of nitrogens with zero attached hydrogens (tertiary/aromatic N) is 4. The van der Waals surface area contributed by atoms with Crippen LogP contribution in [0.15, 0.2) is 60.9 Å². The number of esters is 1. The molecular weight excluding hydrogens is 504 g/mol. The highest BCUT2D eigenvalue weighted by Crippen LogP contribution is 2.28. The number of pyridine rings is 1. The highest BCUT2D eigenvalue weighted by Gasteiger charge is 2.25. The highest BCUT2D eigenvalue weighted by atomic mass is 16.6. The van der Waals surface area contributed by atoms with Gasteiger partial charge in [0.15, 0.2) is 0 Å². The van der Waals surface area contributed by atoms with Gasteiger partial charge in [-0.1, -0.05) is 12.1 Å². The van der Waals surface area contributed by atoms with Crippen LogP contribution in [-0.2, 0) is 42.1 Å². The predicted molar refractivity (Wildman–Crippen MR) is 152 cm³/mol. The van der Waals surface area contributed by atoms with Crippen LogP contribution in [0.4, 0.5) is 0 Å². The molecule has 4 heterocycles. The monoisotopic (exact) mass is 540 g/mol. The van der Waals surface area contributed by atoms with Crippen molar-refractivity contribution >= 4 is 17.0 Å². The summed E-state index contributed by atoms with van der Waals surface area (Å²) in [6.07, 6.45) is 5.78. The Morgan fingerprint density at radius 3 is 2.75 bits per heavy atom. The van der Waals surface area contributed by atoms with Gasteiger partial charge < -0.3 is 18.8 Å². The van der Waals surface area contributed by atoms with Gasteiger partial charge in [0.25, 0.3) is 0 Å². The fraction of sp³-hybridized carbons (Fsp3) is 0.406. The van der Waals surface area contributed by atoms with Crippen LogP contribution in [-0.4, -0.2) is 50.3 Å². The fourth-order valence-corrected chi connectivity index (χ4v) is 5.26. The fourth-order valence-electron chi connectivity index (χ4n) is 5.26. The molecule has 0 amide bonds. The first-order chi connectivity index (χ1) is 19.3. The van der Waals surface area contributed by atoms with E-state index in [9.17, 15) is 4.79 Å². The molecular formula is C32H36N4O4. The molecule has 8 nitrogen and oxygen atoms in total. The number of carbonyl (C=O) groups excluding carboxylic acids is 1. The van der Waals surface area contributed by atoms with E-state index in [2.05, 4.69) is 32.7 Å². The molecule has 2 aliphatic heterocycles. The third-order valence-corrected chi connectivity index (χ3v) is 7.40. The number of rotatable bonds is 8. The Morgan fingerprint density at radius 2 is 2.00 bits per heavy atom. The second-order valence-corrected chi connectivity index (χ2v) is 11.7. The summed E-state index contributed by atoms with van der Waals surface area (Å²) in [5.74, 6) is 1.53. The summed E-state index contributed by atoms with van der Waals surface area (Å²) in [4.78, 5) is 24.4. The largest absolute Gasteiger partial charge is 0.489 e. The van der Waals surface area contributed by atoms with Gasteiger partial charge in [0, 0.05) is 37.7 Å². The first-order valence-corrected chi connectivity index (χ1v) is 14.0. The maximum absolute atomic E-state index is 12.8. The number of benzene rings is 2. The van der Waals surface area contributed by atoms with E-state index in [4.69, 9.17) is 19.2 Å². The lowest BCUT2D eigenvalue weighted by Gasteiger charge is -2.30. The molecule has 2 aromatic carbocycles. The molecule has 1 unspecified atom stereocenters. The number of hydrogen-bond donors (Lipinski definition) is 0. The Hall–Kier alpha value is -3.75. The maximum atomic E-state index is 12.8. The van der Waals surface area contributed by atoms with Crippen molar-refractivity contribution in [3.8, 4) is 5.75 Å². The van der Waals surface area contributed by atoms with Crippen LogP contribution in [0, 0.1) is 0 Å². The molecule has 40 heavy (non-hydrogen) atoms. The molecule has 0 N–H and O–H groups in total. The molecule has 0 bridgehead atoms. The second kappa shape index (κ2) is 11.0. The van der Waals surface area contributed by atoms with Crippen molar-refractivity contribution in [1.82, 2.24) is 19.4 Å². The molecule has 0 radical (unpaired) electrons. The van der Waals surface area contributed by atoms with Crippen molar-refractivity contribution in [2.45, 2.75) is 71.6 Å². The number of carbonyl (C=O) groups is 1. The number of aromatic nitrogens is 3. The van der Waals surface area contributed by atoms with E-state index in [1.165, 1.54) is 11.1 Å². The summed E-state index contributed by atoms with van der Waals surface area (Å²) in [5, 5.41) is 0. The zero-order valence-electron chi connectivity index (χ0n) is 23.4. The summed E-state index contributed by atoms with van der Waals surface area (Å²) < 4.78 is 19.7. The van der Waals surface area contributed by atoms with E-state index in [0.29, 0.717) is 18.7 Å². The molecule has 2 aliphatic rings. The standard InChI is InChI=1S/C32H36N4O4/c1-32(2,3)40-31(37)24-7-9-28-29(16-24)36(19-27-11-14-38-27)30(34-28)20-35-13-10-23-6-8-26(15-25(23)18-35)39-21-22-5-4-12-33-17-22/h4-9,12,15-17,27H,10-11,13-14,18-21H2,1-3H3. The van der Waals surface area contributed by atoms with Crippen LogP contribution < -0.4 is 4.74 Å². The van der Waals surface area contributed by atoms with Gasteiger partial charge >= 0.3 is 5.97 Å². The lowest BCUT2D eigenvalue weighted by Crippen LogP contribution is -2.34. The Bertz CT molecular complexity index is 1500. The van der Waals surface area contributed by atoms with Crippen molar-refractivity contribution in [2.24, 2.45) is 0 Å².